The van der Waals surface area contributed by atoms with Gasteiger partial charge in [-0.2, -0.15) is 0 Å². The van der Waals surface area contributed by atoms with E-state index in [4.69, 9.17) is 23.7 Å². The molecule has 0 aromatic heterocycles. The number of benzene rings is 2. The molecule has 0 unspecified atom stereocenters. The zero-order chi connectivity index (χ0) is 46.7. The summed E-state index contributed by atoms with van der Waals surface area (Å²) in [5, 5.41) is 0. The van der Waals surface area contributed by atoms with Gasteiger partial charge in [0, 0.05) is 33.4 Å². The van der Waals surface area contributed by atoms with Crippen LogP contribution in [0.2, 0.25) is 0 Å². The van der Waals surface area contributed by atoms with Crippen molar-refractivity contribution in [2.75, 3.05) is 40.6 Å². The maximum Gasteiger partial charge on any atom is 0.333 e. The summed E-state index contributed by atoms with van der Waals surface area (Å²) in [6, 6.07) is 9.95. The van der Waals surface area contributed by atoms with Crippen molar-refractivity contribution in [2.45, 2.75) is 97.5 Å². The van der Waals surface area contributed by atoms with E-state index in [9.17, 15) is 28.8 Å². The van der Waals surface area contributed by atoms with Crippen molar-refractivity contribution >= 4 is 35.8 Å². The average molecular weight is 877 g/mol. The first-order valence-electron chi connectivity index (χ1n) is 21.0. The second kappa shape index (κ2) is 25.2. The third-order valence-corrected chi connectivity index (χ3v) is 10.7. The van der Waals surface area contributed by atoms with E-state index in [1.807, 2.05) is 6.07 Å². The summed E-state index contributed by atoms with van der Waals surface area (Å²) in [7, 11) is 2.24. The van der Waals surface area contributed by atoms with Crippen molar-refractivity contribution in [2.24, 2.45) is 11.3 Å². The SMILES string of the molecule is C=C(C)C(=O)OCc1cc(OCC(COC(=O)CC(=C)C(=O)OC)(COC(=O)CC(=C)C(=O)OC)COC(=O)C(=C)C)ccc1-c1ccc(C2CCC(CCCCC)CC2)cc1F. The van der Waals surface area contributed by atoms with Crippen LogP contribution in [0.4, 0.5) is 4.39 Å². The molecule has 0 aliphatic heterocycles. The maximum atomic E-state index is 16.1. The fraction of sp³-hybridized carbons (Fsp3) is 0.469. The Labute approximate surface area is 369 Å². The molecule has 2 aromatic carbocycles. The number of unbranched alkanes of at least 4 members (excludes halogenated alkanes) is 2. The Kier molecular flexibility index (Phi) is 20.5. The second-order valence-corrected chi connectivity index (χ2v) is 16.1. The van der Waals surface area contributed by atoms with Crippen LogP contribution in [0, 0.1) is 17.2 Å². The smallest absolute Gasteiger partial charge is 0.333 e. The minimum atomic E-state index is -1.63. The number of carbonyl (C=O) groups is 6. The highest BCUT2D eigenvalue weighted by Crippen LogP contribution is 2.40. The second-order valence-electron chi connectivity index (χ2n) is 16.1. The summed E-state index contributed by atoms with van der Waals surface area (Å²) < 4.78 is 53.6. The summed E-state index contributed by atoms with van der Waals surface area (Å²) in [6.07, 6.45) is 8.05. The van der Waals surface area contributed by atoms with Gasteiger partial charge in [0.1, 0.15) is 50.0 Å². The van der Waals surface area contributed by atoms with Crippen LogP contribution >= 0.6 is 0 Å². The highest BCUT2D eigenvalue weighted by Gasteiger charge is 2.38. The maximum absolute atomic E-state index is 16.1. The molecule has 0 bridgehead atoms. The fourth-order valence-corrected chi connectivity index (χ4v) is 6.96. The van der Waals surface area contributed by atoms with Crippen LogP contribution in [0.25, 0.3) is 11.1 Å². The van der Waals surface area contributed by atoms with E-state index in [0.29, 0.717) is 17.0 Å². The lowest BCUT2D eigenvalue weighted by atomic mass is 9.77. The third-order valence-electron chi connectivity index (χ3n) is 10.7. The normalized spacial score (nSPS) is 14.6. The molecule has 1 aliphatic carbocycles. The monoisotopic (exact) mass is 876 g/mol. The van der Waals surface area contributed by atoms with Crippen LogP contribution in [0.3, 0.4) is 0 Å². The van der Waals surface area contributed by atoms with Crippen molar-refractivity contribution in [3.05, 3.63) is 102 Å². The Balaban J connectivity index is 1.98. The molecule has 0 amide bonds. The van der Waals surface area contributed by atoms with Gasteiger partial charge in [0.2, 0.25) is 0 Å². The quantitative estimate of drug-likeness (QED) is 0.0402. The number of ether oxygens (including phenoxy) is 7. The zero-order valence-electron chi connectivity index (χ0n) is 37.2. The Morgan fingerprint density at radius 2 is 1.21 bits per heavy atom. The molecule has 0 spiro atoms. The number of halogens is 1. The highest BCUT2D eigenvalue weighted by molar-refractivity contribution is 5.94. The molecule has 1 saturated carbocycles. The molecule has 0 heterocycles. The van der Waals surface area contributed by atoms with Gasteiger partial charge in [-0.1, -0.05) is 77.1 Å². The van der Waals surface area contributed by atoms with Gasteiger partial charge < -0.3 is 33.2 Å². The van der Waals surface area contributed by atoms with E-state index in [1.54, 1.807) is 24.3 Å². The van der Waals surface area contributed by atoms with Gasteiger partial charge in [0.15, 0.2) is 0 Å². The van der Waals surface area contributed by atoms with Gasteiger partial charge in [0.25, 0.3) is 0 Å². The lowest BCUT2D eigenvalue weighted by Gasteiger charge is -2.32. The van der Waals surface area contributed by atoms with Gasteiger partial charge in [-0.25, -0.2) is 23.6 Å². The topological polar surface area (TPSA) is 167 Å². The van der Waals surface area contributed by atoms with E-state index in [2.05, 4.69) is 42.7 Å². The van der Waals surface area contributed by atoms with Gasteiger partial charge in [0.05, 0.1) is 27.1 Å². The van der Waals surface area contributed by atoms with Crippen LogP contribution in [0.5, 0.6) is 5.75 Å². The first-order chi connectivity index (χ1) is 29.9. The molecule has 2 aromatic rings. The van der Waals surface area contributed by atoms with Gasteiger partial charge in [-0.05, 0) is 80.7 Å². The van der Waals surface area contributed by atoms with Gasteiger partial charge >= 0.3 is 35.8 Å². The molecule has 13 nitrogen and oxygen atoms in total. The molecule has 0 atom stereocenters. The number of rotatable bonds is 25. The van der Waals surface area contributed by atoms with Gasteiger partial charge in [-0.15, -0.1) is 0 Å². The van der Waals surface area contributed by atoms with E-state index in [0.717, 1.165) is 45.5 Å². The number of hydrogen-bond donors (Lipinski definition) is 0. The molecular formula is C49H61FO13. The van der Waals surface area contributed by atoms with Crippen molar-refractivity contribution in [1.82, 2.24) is 0 Å². The molecule has 14 heteroatoms. The molecule has 1 aliphatic rings. The largest absolute Gasteiger partial charge is 0.493 e. The van der Waals surface area contributed by atoms with Crippen LogP contribution < -0.4 is 4.74 Å². The summed E-state index contributed by atoms with van der Waals surface area (Å²) in [5.74, 6) is -4.29. The third kappa shape index (κ3) is 16.3. The summed E-state index contributed by atoms with van der Waals surface area (Å²) >= 11 is 0. The van der Waals surface area contributed by atoms with Gasteiger partial charge in [-0.3, -0.25) is 9.59 Å². The standard InChI is InChI=1S/C49H61FO13/c1-10-11-12-13-35-14-16-36(17-15-35)37-18-20-41(42(50)25-37)40-21-19-39(24-38(40)26-59-45(53)31(2)3)60-27-49(30-63-46(54)32(4)5,28-61-43(51)22-33(6)47(55)57-8)29-62-44(52)23-34(7)48(56)58-9/h18-21,24-25,35-36H,2,4,6-7,10-17,22-23,26-30H2,1,3,5,8-9H3. The highest BCUT2D eigenvalue weighted by atomic mass is 19.1. The molecule has 63 heavy (non-hydrogen) atoms. The Morgan fingerprint density at radius 3 is 1.73 bits per heavy atom. The molecule has 3 rings (SSSR count). The van der Waals surface area contributed by atoms with E-state index >= 15 is 4.39 Å². The van der Waals surface area contributed by atoms with E-state index in [1.165, 1.54) is 45.6 Å². The van der Waals surface area contributed by atoms with Crippen LogP contribution in [0.1, 0.15) is 102 Å². The summed E-state index contributed by atoms with van der Waals surface area (Å²) in [4.78, 5) is 74.9. The molecule has 0 radical (unpaired) electrons. The fourth-order valence-electron chi connectivity index (χ4n) is 6.96. The minimum absolute atomic E-state index is 0.0394. The van der Waals surface area contributed by atoms with Crippen molar-refractivity contribution in [3.8, 4) is 16.9 Å². The number of methoxy groups -OCH3 is 2. The molecule has 0 saturated heterocycles. The van der Waals surface area contributed by atoms with Crippen molar-refractivity contribution < 1.29 is 66.3 Å². The Bertz CT molecular complexity index is 1980. The molecule has 0 N–H and O–H groups in total. The van der Waals surface area contributed by atoms with Crippen LogP contribution in [-0.4, -0.2) is 76.5 Å². The summed E-state index contributed by atoms with van der Waals surface area (Å²) in [6.45, 7) is 17.0. The predicted octanol–water partition coefficient (Wildman–Crippen LogP) is 8.78. The minimum Gasteiger partial charge on any atom is -0.493 e. The molecule has 342 valence electrons. The van der Waals surface area contributed by atoms with Crippen LogP contribution in [0.15, 0.2) is 85.0 Å². The molecule has 1 fully saturated rings. The van der Waals surface area contributed by atoms with E-state index < -0.39 is 86.3 Å². The number of hydrogen-bond acceptors (Lipinski definition) is 13. The summed E-state index contributed by atoms with van der Waals surface area (Å²) in [5.41, 5.74) is 0.199. The van der Waals surface area contributed by atoms with E-state index in [-0.39, 0.29) is 46.1 Å². The Morgan fingerprint density at radius 1 is 0.667 bits per heavy atom. The number of carbonyl (C=O) groups excluding carboxylic acids is 6. The van der Waals surface area contributed by atoms with Crippen molar-refractivity contribution in [3.63, 3.8) is 0 Å². The first kappa shape index (κ1) is 51.3. The zero-order valence-corrected chi connectivity index (χ0v) is 37.2. The number of esters is 6. The lowest BCUT2D eigenvalue weighted by Crippen LogP contribution is -2.44. The average Bonchev–Trinajstić information content (AvgIpc) is 3.27. The Hall–Kier alpha value is -6.05. The molecular weight excluding hydrogens is 816 g/mol. The predicted molar refractivity (Wildman–Crippen MR) is 232 cm³/mol. The first-order valence-corrected chi connectivity index (χ1v) is 21.0. The van der Waals surface area contributed by atoms with Crippen molar-refractivity contribution in [1.29, 1.82) is 0 Å². The lowest BCUT2D eigenvalue weighted by molar-refractivity contribution is -0.163. The van der Waals surface area contributed by atoms with Crippen LogP contribution in [-0.2, 0) is 63.8 Å².